The van der Waals surface area contributed by atoms with Gasteiger partial charge in [-0.3, -0.25) is 19.7 Å². The Morgan fingerprint density at radius 3 is 2.71 bits per heavy atom. The van der Waals surface area contributed by atoms with Gasteiger partial charge in [-0.1, -0.05) is 6.42 Å². The van der Waals surface area contributed by atoms with Gasteiger partial charge in [0.05, 0.1) is 6.04 Å². The second-order valence-corrected chi connectivity index (χ2v) is 4.51. The molecule has 2 heterocycles. The minimum Gasteiger partial charge on any atom is -0.343 e. The average Bonchev–Trinajstić information content (AvgIpc) is 2.34. The van der Waals surface area contributed by atoms with Crippen molar-refractivity contribution in [1.82, 2.24) is 16.0 Å². The Hall–Kier alpha value is -1.43. The highest BCUT2D eigenvalue weighted by Crippen LogP contribution is 2.09. The van der Waals surface area contributed by atoms with Crippen molar-refractivity contribution < 1.29 is 14.4 Å². The van der Waals surface area contributed by atoms with Crippen molar-refractivity contribution in [2.45, 2.75) is 44.2 Å². The summed E-state index contributed by atoms with van der Waals surface area (Å²) < 4.78 is 0. The van der Waals surface area contributed by atoms with Gasteiger partial charge in [-0.05, 0) is 25.8 Å². The molecular weight excluding hydrogens is 222 g/mol. The number of hydrogen-bond donors (Lipinski definition) is 3. The molecule has 0 aromatic rings. The Morgan fingerprint density at radius 2 is 2.06 bits per heavy atom. The van der Waals surface area contributed by atoms with E-state index in [1.54, 1.807) is 0 Å². The van der Waals surface area contributed by atoms with Crippen molar-refractivity contribution in [3.8, 4) is 0 Å². The molecule has 6 heteroatoms. The van der Waals surface area contributed by atoms with E-state index >= 15 is 0 Å². The van der Waals surface area contributed by atoms with Gasteiger partial charge in [-0.2, -0.15) is 0 Å². The highest BCUT2D eigenvalue weighted by Gasteiger charge is 2.30. The maximum atomic E-state index is 11.9. The molecule has 2 rings (SSSR count). The Labute approximate surface area is 99.5 Å². The van der Waals surface area contributed by atoms with Crippen molar-refractivity contribution in [2.24, 2.45) is 0 Å². The third-order valence-corrected chi connectivity index (χ3v) is 3.18. The molecule has 3 N–H and O–H groups in total. The van der Waals surface area contributed by atoms with Gasteiger partial charge in [0, 0.05) is 6.42 Å². The fraction of sp³-hybridized carbons (Fsp3) is 0.727. The molecule has 17 heavy (non-hydrogen) atoms. The summed E-state index contributed by atoms with van der Waals surface area (Å²) in [6.07, 6.45) is 3.60. The molecule has 3 amide bonds. The van der Waals surface area contributed by atoms with Crippen LogP contribution in [0.15, 0.2) is 0 Å². The zero-order valence-corrected chi connectivity index (χ0v) is 9.62. The first-order chi connectivity index (χ1) is 8.16. The van der Waals surface area contributed by atoms with Gasteiger partial charge >= 0.3 is 0 Å². The van der Waals surface area contributed by atoms with E-state index in [0.717, 1.165) is 25.8 Å². The Bertz CT molecular complexity index is 337. The van der Waals surface area contributed by atoms with Crippen LogP contribution in [0.1, 0.15) is 32.1 Å². The molecule has 0 saturated carbocycles. The van der Waals surface area contributed by atoms with E-state index in [1.807, 2.05) is 0 Å². The monoisotopic (exact) mass is 239 g/mol. The van der Waals surface area contributed by atoms with Crippen LogP contribution in [0.4, 0.5) is 0 Å². The van der Waals surface area contributed by atoms with Crippen molar-refractivity contribution in [3.63, 3.8) is 0 Å². The number of rotatable bonds is 2. The summed E-state index contributed by atoms with van der Waals surface area (Å²) in [6, 6.07) is -0.766. The zero-order valence-electron chi connectivity index (χ0n) is 9.62. The van der Waals surface area contributed by atoms with E-state index in [-0.39, 0.29) is 24.3 Å². The first-order valence-corrected chi connectivity index (χ1v) is 6.04. The molecule has 6 nitrogen and oxygen atoms in total. The fourth-order valence-corrected chi connectivity index (χ4v) is 2.18. The summed E-state index contributed by atoms with van der Waals surface area (Å²) in [5, 5.41) is 8.04. The van der Waals surface area contributed by atoms with Crippen LogP contribution in [-0.2, 0) is 14.4 Å². The number of amides is 3. The minimum absolute atomic E-state index is 0.140. The van der Waals surface area contributed by atoms with Gasteiger partial charge in [-0.25, -0.2) is 0 Å². The lowest BCUT2D eigenvalue weighted by molar-refractivity contribution is -0.137. The van der Waals surface area contributed by atoms with Crippen LogP contribution >= 0.6 is 0 Å². The highest BCUT2D eigenvalue weighted by molar-refractivity contribution is 6.02. The van der Waals surface area contributed by atoms with Crippen LogP contribution in [0.2, 0.25) is 0 Å². The number of hydrogen-bond acceptors (Lipinski definition) is 4. The molecule has 0 aliphatic carbocycles. The van der Waals surface area contributed by atoms with Crippen LogP contribution in [0, 0.1) is 0 Å². The van der Waals surface area contributed by atoms with E-state index in [2.05, 4.69) is 16.0 Å². The van der Waals surface area contributed by atoms with E-state index in [0.29, 0.717) is 6.42 Å². The third-order valence-electron chi connectivity index (χ3n) is 3.18. The highest BCUT2D eigenvalue weighted by atomic mass is 16.2. The van der Waals surface area contributed by atoms with Crippen molar-refractivity contribution in [2.75, 3.05) is 6.54 Å². The molecule has 2 atom stereocenters. The maximum Gasteiger partial charge on any atom is 0.249 e. The third kappa shape index (κ3) is 3.03. The number of nitrogens with one attached hydrogen (secondary N) is 3. The lowest BCUT2D eigenvalue weighted by Gasteiger charge is -2.27. The molecule has 0 aromatic heterocycles. The molecule has 0 aromatic carbocycles. The van der Waals surface area contributed by atoms with Crippen LogP contribution in [0.5, 0.6) is 0 Å². The second-order valence-electron chi connectivity index (χ2n) is 4.51. The summed E-state index contributed by atoms with van der Waals surface area (Å²) >= 11 is 0. The van der Waals surface area contributed by atoms with Gasteiger partial charge in [-0.15, -0.1) is 0 Å². The molecule has 2 aliphatic heterocycles. The molecule has 2 fully saturated rings. The molecule has 2 aliphatic rings. The molecule has 2 saturated heterocycles. The second kappa shape index (κ2) is 5.27. The smallest absolute Gasteiger partial charge is 0.249 e. The number of carbonyl (C=O) groups excluding carboxylic acids is 3. The predicted molar refractivity (Wildman–Crippen MR) is 60.0 cm³/mol. The fourth-order valence-electron chi connectivity index (χ4n) is 2.18. The van der Waals surface area contributed by atoms with Crippen molar-refractivity contribution in [3.05, 3.63) is 0 Å². The van der Waals surface area contributed by atoms with Crippen LogP contribution in [-0.4, -0.2) is 36.3 Å². The summed E-state index contributed by atoms with van der Waals surface area (Å²) in [6.45, 7) is 0.841. The topological polar surface area (TPSA) is 87.3 Å². The van der Waals surface area contributed by atoms with Crippen LogP contribution < -0.4 is 16.0 Å². The Kier molecular flexibility index (Phi) is 3.73. The van der Waals surface area contributed by atoms with Gasteiger partial charge < -0.3 is 10.6 Å². The van der Waals surface area contributed by atoms with Gasteiger partial charge in [0.15, 0.2) is 0 Å². The predicted octanol–water partition coefficient (Wildman–Crippen LogP) is -0.950. The first-order valence-electron chi connectivity index (χ1n) is 6.04. The van der Waals surface area contributed by atoms with Crippen LogP contribution in [0.3, 0.4) is 0 Å². The molecule has 0 bridgehead atoms. The largest absolute Gasteiger partial charge is 0.343 e. The van der Waals surface area contributed by atoms with E-state index in [1.165, 1.54) is 0 Å². The summed E-state index contributed by atoms with van der Waals surface area (Å²) in [7, 11) is 0. The molecule has 0 radical (unpaired) electrons. The Balaban J connectivity index is 1.85. The quantitative estimate of drug-likeness (QED) is 0.542. The lowest BCUT2D eigenvalue weighted by Crippen LogP contribution is -2.56. The minimum atomic E-state index is -0.566. The molecule has 0 spiro atoms. The van der Waals surface area contributed by atoms with Crippen molar-refractivity contribution >= 4 is 17.7 Å². The number of carbonyl (C=O) groups is 3. The maximum absolute atomic E-state index is 11.9. The Morgan fingerprint density at radius 1 is 1.24 bits per heavy atom. The summed E-state index contributed by atoms with van der Waals surface area (Å²) in [4.78, 5) is 34.3. The van der Waals surface area contributed by atoms with E-state index in [9.17, 15) is 14.4 Å². The van der Waals surface area contributed by atoms with Crippen LogP contribution in [0.25, 0.3) is 0 Å². The van der Waals surface area contributed by atoms with Gasteiger partial charge in [0.2, 0.25) is 17.7 Å². The van der Waals surface area contributed by atoms with Gasteiger partial charge in [0.25, 0.3) is 0 Å². The van der Waals surface area contributed by atoms with Crippen molar-refractivity contribution in [1.29, 1.82) is 0 Å². The van der Waals surface area contributed by atoms with E-state index < -0.39 is 11.9 Å². The van der Waals surface area contributed by atoms with E-state index in [4.69, 9.17) is 0 Å². The molecular formula is C11H17N3O3. The summed E-state index contributed by atoms with van der Waals surface area (Å²) in [5.74, 6) is -0.805. The standard InChI is InChI=1S/C11H17N3O3/c15-9-5-4-8(11(17)14-9)13-10(16)7-3-1-2-6-12-7/h7-8,12H,1-6H2,(H,13,16)(H,14,15,17). The zero-order chi connectivity index (χ0) is 12.3. The average molecular weight is 239 g/mol. The lowest BCUT2D eigenvalue weighted by atomic mass is 10.0. The normalized spacial score (nSPS) is 29.6. The van der Waals surface area contributed by atoms with Gasteiger partial charge in [0.1, 0.15) is 6.04 Å². The number of imide groups is 1. The SMILES string of the molecule is O=C1CCC(NC(=O)C2CCCCN2)C(=O)N1. The summed E-state index contributed by atoms with van der Waals surface area (Å²) in [5.41, 5.74) is 0. The molecule has 2 unspecified atom stereocenters. The first kappa shape index (κ1) is 12.0. The molecule has 94 valence electrons. The number of piperidine rings is 2.